The number of hydroxylamine groups is 1. The van der Waals surface area contributed by atoms with Crippen LogP contribution in [0.25, 0.3) is 10.8 Å². The molecule has 3 aromatic rings. The molecule has 1 atom stereocenters. The van der Waals surface area contributed by atoms with Gasteiger partial charge in [0.1, 0.15) is 0 Å². The molecule has 7 heteroatoms. The molecule has 0 aromatic heterocycles. The van der Waals surface area contributed by atoms with Crippen LogP contribution in [0.1, 0.15) is 58.7 Å². The van der Waals surface area contributed by atoms with Gasteiger partial charge in [-0.3, -0.25) is 25.1 Å². The van der Waals surface area contributed by atoms with Crippen molar-refractivity contribution in [3.8, 4) is 0 Å². The largest absolute Gasteiger partial charge is 0.297 e. The van der Waals surface area contributed by atoms with Crippen molar-refractivity contribution >= 4 is 22.6 Å². The SMILES string of the molecule is CCN(CC)C(C)c1cc(CNNC(=O)c2ccc(C(=O)NO)cc2)c2ccccc2c1. The molecule has 0 aliphatic heterocycles. The number of carbonyl (C=O) groups is 2. The van der Waals surface area contributed by atoms with Gasteiger partial charge in [0.05, 0.1) is 0 Å². The average molecular weight is 435 g/mol. The van der Waals surface area contributed by atoms with Crippen LogP contribution in [0.4, 0.5) is 0 Å². The van der Waals surface area contributed by atoms with E-state index in [4.69, 9.17) is 5.21 Å². The molecule has 0 spiro atoms. The van der Waals surface area contributed by atoms with Crippen LogP contribution < -0.4 is 16.3 Å². The van der Waals surface area contributed by atoms with Gasteiger partial charge in [-0.15, -0.1) is 0 Å². The second-order valence-electron chi connectivity index (χ2n) is 7.62. The molecule has 4 N–H and O–H groups in total. The van der Waals surface area contributed by atoms with Crippen LogP contribution in [0.15, 0.2) is 60.7 Å². The van der Waals surface area contributed by atoms with Crippen molar-refractivity contribution < 1.29 is 14.8 Å². The Labute approximate surface area is 188 Å². The number of hydrogen-bond donors (Lipinski definition) is 4. The van der Waals surface area contributed by atoms with Crippen molar-refractivity contribution in [1.29, 1.82) is 0 Å². The van der Waals surface area contributed by atoms with E-state index in [0.717, 1.165) is 24.0 Å². The zero-order valence-electron chi connectivity index (χ0n) is 18.7. The Hall–Kier alpha value is -3.26. The molecule has 0 saturated carbocycles. The van der Waals surface area contributed by atoms with E-state index in [1.165, 1.54) is 35.2 Å². The highest BCUT2D eigenvalue weighted by Gasteiger charge is 2.15. The summed E-state index contributed by atoms with van der Waals surface area (Å²) in [4.78, 5) is 26.3. The Bertz CT molecular complexity index is 1080. The van der Waals surface area contributed by atoms with E-state index in [-0.39, 0.29) is 17.5 Å². The smallest absolute Gasteiger partial charge is 0.274 e. The molecule has 3 aromatic carbocycles. The molecule has 2 amide bonds. The summed E-state index contributed by atoms with van der Waals surface area (Å²) in [6.45, 7) is 8.98. The first-order chi connectivity index (χ1) is 15.5. The summed E-state index contributed by atoms with van der Waals surface area (Å²) in [5.41, 5.74) is 10.3. The Morgan fingerprint density at radius 1 is 0.938 bits per heavy atom. The van der Waals surface area contributed by atoms with Crippen LogP contribution in [0, 0.1) is 0 Å². The summed E-state index contributed by atoms with van der Waals surface area (Å²) in [7, 11) is 0. The number of fused-ring (bicyclic) bond motifs is 1. The zero-order valence-corrected chi connectivity index (χ0v) is 18.7. The summed E-state index contributed by atoms with van der Waals surface area (Å²) in [6.07, 6.45) is 0. The number of benzene rings is 3. The minimum atomic E-state index is -0.624. The van der Waals surface area contributed by atoms with Gasteiger partial charge >= 0.3 is 0 Å². The summed E-state index contributed by atoms with van der Waals surface area (Å²) in [6, 6.07) is 19.0. The molecule has 7 nitrogen and oxygen atoms in total. The fourth-order valence-electron chi connectivity index (χ4n) is 3.91. The van der Waals surface area contributed by atoms with Gasteiger partial charge in [0.2, 0.25) is 0 Å². The standard InChI is InChI=1S/C25H30N4O3/c1-4-29(5-2)17(3)21-14-20-8-6-7-9-23(20)22(15-21)16-26-27-24(30)18-10-12-19(13-11-18)25(31)28-32/h6-15,17,26,32H,4-5,16H2,1-3H3,(H,27,30)(H,28,31). The van der Waals surface area contributed by atoms with Crippen LogP contribution in [-0.2, 0) is 6.54 Å². The topological polar surface area (TPSA) is 93.7 Å². The number of amides is 2. The molecule has 0 bridgehead atoms. The Balaban J connectivity index is 1.74. The van der Waals surface area contributed by atoms with Gasteiger partial charge in [-0.05, 0) is 72.2 Å². The lowest BCUT2D eigenvalue weighted by Gasteiger charge is -2.27. The quantitative estimate of drug-likeness (QED) is 0.304. The van der Waals surface area contributed by atoms with Crippen molar-refractivity contribution in [3.63, 3.8) is 0 Å². The highest BCUT2D eigenvalue weighted by atomic mass is 16.5. The minimum absolute atomic E-state index is 0.266. The number of nitrogens with zero attached hydrogens (tertiary/aromatic N) is 1. The van der Waals surface area contributed by atoms with E-state index in [1.54, 1.807) is 5.48 Å². The Morgan fingerprint density at radius 3 is 2.19 bits per heavy atom. The summed E-state index contributed by atoms with van der Waals surface area (Å²) < 4.78 is 0. The van der Waals surface area contributed by atoms with Crippen molar-refractivity contribution in [3.05, 3.63) is 82.9 Å². The van der Waals surface area contributed by atoms with E-state index < -0.39 is 5.91 Å². The minimum Gasteiger partial charge on any atom is -0.297 e. The van der Waals surface area contributed by atoms with Crippen molar-refractivity contribution in [2.45, 2.75) is 33.4 Å². The molecular weight excluding hydrogens is 404 g/mol. The highest BCUT2D eigenvalue weighted by molar-refractivity contribution is 5.97. The highest BCUT2D eigenvalue weighted by Crippen LogP contribution is 2.27. The molecular formula is C25H30N4O3. The molecule has 0 fully saturated rings. The van der Waals surface area contributed by atoms with Crippen molar-refractivity contribution in [2.75, 3.05) is 13.1 Å². The lowest BCUT2D eigenvalue weighted by molar-refractivity contribution is 0.0706. The van der Waals surface area contributed by atoms with E-state index in [9.17, 15) is 9.59 Å². The van der Waals surface area contributed by atoms with E-state index >= 15 is 0 Å². The summed E-state index contributed by atoms with van der Waals surface area (Å²) >= 11 is 0. The second kappa shape index (κ2) is 10.9. The van der Waals surface area contributed by atoms with Gasteiger partial charge in [-0.25, -0.2) is 10.9 Å². The predicted molar refractivity (Wildman–Crippen MR) is 125 cm³/mol. The monoisotopic (exact) mass is 434 g/mol. The molecule has 0 heterocycles. The van der Waals surface area contributed by atoms with Gasteiger partial charge < -0.3 is 0 Å². The number of hydrogen-bond acceptors (Lipinski definition) is 5. The van der Waals surface area contributed by atoms with Crippen molar-refractivity contribution in [2.24, 2.45) is 0 Å². The zero-order chi connectivity index (χ0) is 23.1. The lowest BCUT2D eigenvalue weighted by atomic mass is 9.97. The number of hydrazine groups is 1. The molecule has 0 aliphatic carbocycles. The first-order valence-corrected chi connectivity index (χ1v) is 10.8. The first kappa shape index (κ1) is 23.4. The fraction of sp³-hybridized carbons (Fsp3) is 0.280. The third-order valence-electron chi connectivity index (χ3n) is 5.80. The molecule has 0 radical (unpaired) electrons. The maximum atomic E-state index is 12.5. The van der Waals surface area contributed by atoms with Gasteiger partial charge in [0.25, 0.3) is 11.8 Å². The average Bonchev–Trinajstić information content (AvgIpc) is 2.84. The number of nitrogens with one attached hydrogen (secondary N) is 3. The van der Waals surface area contributed by atoms with Crippen LogP contribution in [-0.4, -0.2) is 35.0 Å². The van der Waals surface area contributed by atoms with Crippen molar-refractivity contribution in [1.82, 2.24) is 21.2 Å². The predicted octanol–water partition coefficient (Wildman–Crippen LogP) is 3.80. The first-order valence-electron chi connectivity index (χ1n) is 10.8. The third-order valence-corrected chi connectivity index (χ3v) is 5.80. The second-order valence-corrected chi connectivity index (χ2v) is 7.62. The van der Waals surface area contributed by atoms with Crippen LogP contribution in [0.3, 0.4) is 0 Å². The normalized spacial score (nSPS) is 12.0. The number of carbonyl (C=O) groups excluding carboxylic acids is 2. The molecule has 32 heavy (non-hydrogen) atoms. The van der Waals surface area contributed by atoms with E-state index in [1.807, 2.05) is 12.1 Å². The third kappa shape index (κ3) is 5.31. The van der Waals surface area contributed by atoms with Crippen LogP contribution in [0.2, 0.25) is 0 Å². The lowest BCUT2D eigenvalue weighted by Crippen LogP contribution is -2.37. The maximum Gasteiger partial charge on any atom is 0.274 e. The molecule has 1 unspecified atom stereocenters. The van der Waals surface area contributed by atoms with Gasteiger partial charge in [0, 0.05) is 23.7 Å². The van der Waals surface area contributed by atoms with E-state index in [0.29, 0.717) is 12.1 Å². The molecule has 168 valence electrons. The fourth-order valence-corrected chi connectivity index (χ4v) is 3.91. The van der Waals surface area contributed by atoms with Crippen LogP contribution >= 0.6 is 0 Å². The Morgan fingerprint density at radius 2 is 1.56 bits per heavy atom. The molecule has 0 aliphatic rings. The van der Waals surface area contributed by atoms with Crippen LogP contribution in [0.5, 0.6) is 0 Å². The van der Waals surface area contributed by atoms with Gasteiger partial charge in [-0.2, -0.15) is 0 Å². The summed E-state index contributed by atoms with van der Waals surface area (Å²) in [5, 5.41) is 11.0. The van der Waals surface area contributed by atoms with E-state index in [2.05, 4.69) is 60.8 Å². The molecule has 0 saturated heterocycles. The Kier molecular flexibility index (Phi) is 7.94. The summed E-state index contributed by atoms with van der Waals surface area (Å²) in [5.74, 6) is -0.932. The molecule has 3 rings (SSSR count). The van der Waals surface area contributed by atoms with Gasteiger partial charge in [-0.1, -0.05) is 44.2 Å². The maximum absolute atomic E-state index is 12.5. The number of rotatable bonds is 9. The van der Waals surface area contributed by atoms with Gasteiger partial charge in [0.15, 0.2) is 0 Å².